The first-order valence-electron chi connectivity index (χ1n) is 8.93. The predicted octanol–water partition coefficient (Wildman–Crippen LogP) is 1.01. The lowest BCUT2D eigenvalue weighted by atomic mass is 9.93. The summed E-state index contributed by atoms with van der Waals surface area (Å²) in [5, 5.41) is 0. The van der Waals surface area contributed by atoms with E-state index in [9.17, 15) is 17.2 Å². The predicted molar refractivity (Wildman–Crippen MR) is 96.4 cm³/mol. The second-order valence-electron chi connectivity index (χ2n) is 7.62. The molecule has 27 heavy (non-hydrogen) atoms. The van der Waals surface area contributed by atoms with Crippen molar-refractivity contribution in [3.63, 3.8) is 0 Å². The maximum absolute atomic E-state index is 14.0. The molecule has 4 rings (SSSR count). The molecule has 9 heteroatoms. The van der Waals surface area contributed by atoms with E-state index in [1.54, 1.807) is 0 Å². The third-order valence-electron chi connectivity index (χ3n) is 5.67. The van der Waals surface area contributed by atoms with Crippen LogP contribution in [0, 0.1) is 11.6 Å². The van der Waals surface area contributed by atoms with Gasteiger partial charge in [0.2, 0.25) is 10.0 Å². The highest BCUT2D eigenvalue weighted by molar-refractivity contribution is 7.88. The Labute approximate surface area is 157 Å². The van der Waals surface area contributed by atoms with Crippen LogP contribution in [0.15, 0.2) is 29.3 Å². The Morgan fingerprint density at radius 3 is 2.41 bits per heavy atom. The molecule has 0 aliphatic carbocycles. The van der Waals surface area contributed by atoms with E-state index in [1.165, 1.54) is 10.6 Å². The molecule has 1 aromatic carbocycles. The molecule has 2 N–H and O–H groups in total. The van der Waals surface area contributed by atoms with Crippen molar-refractivity contribution in [1.82, 2.24) is 9.21 Å². The minimum Gasteiger partial charge on any atom is -0.370 e. The van der Waals surface area contributed by atoms with E-state index in [4.69, 9.17) is 10.5 Å². The van der Waals surface area contributed by atoms with Gasteiger partial charge in [-0.3, -0.25) is 4.90 Å². The van der Waals surface area contributed by atoms with Gasteiger partial charge in [-0.25, -0.2) is 17.2 Å². The first-order chi connectivity index (χ1) is 12.7. The van der Waals surface area contributed by atoms with E-state index >= 15 is 0 Å². The number of sulfonamides is 1. The Kier molecular flexibility index (Phi) is 4.84. The van der Waals surface area contributed by atoms with Crippen LogP contribution in [0.4, 0.5) is 8.78 Å². The van der Waals surface area contributed by atoms with Crippen LogP contribution in [0.25, 0.3) is 0 Å². The molecule has 3 aliphatic rings. The number of hydrogen-bond donors (Lipinski definition) is 1. The number of benzene rings is 1. The summed E-state index contributed by atoms with van der Waals surface area (Å²) in [5.41, 5.74) is 8.69. The molecule has 0 unspecified atom stereocenters. The lowest BCUT2D eigenvalue weighted by Crippen LogP contribution is -2.49. The number of hydrogen-bond acceptors (Lipinski definition) is 5. The summed E-state index contributed by atoms with van der Waals surface area (Å²) in [5.74, 6) is -1.03. The van der Waals surface area contributed by atoms with E-state index in [0.29, 0.717) is 39.2 Å². The Hall–Kier alpha value is -1.39. The molecule has 0 bridgehead atoms. The summed E-state index contributed by atoms with van der Waals surface area (Å²) >= 11 is 0. The Morgan fingerprint density at radius 2 is 1.81 bits per heavy atom. The molecule has 3 aliphatic heterocycles. The highest BCUT2D eigenvalue weighted by Crippen LogP contribution is 2.34. The van der Waals surface area contributed by atoms with Gasteiger partial charge in [0.25, 0.3) is 0 Å². The van der Waals surface area contributed by atoms with Crippen molar-refractivity contribution in [2.24, 2.45) is 5.73 Å². The monoisotopic (exact) mass is 399 g/mol. The third-order valence-corrected chi connectivity index (χ3v) is 6.87. The van der Waals surface area contributed by atoms with Crippen LogP contribution >= 0.6 is 0 Å². The molecule has 0 spiro atoms. The third kappa shape index (κ3) is 3.66. The van der Waals surface area contributed by atoms with Gasteiger partial charge >= 0.3 is 0 Å². The van der Waals surface area contributed by atoms with Crippen LogP contribution < -0.4 is 5.73 Å². The Morgan fingerprint density at radius 1 is 1.15 bits per heavy atom. The smallest absolute Gasteiger partial charge is 0.211 e. The number of rotatable bonds is 3. The maximum atomic E-state index is 14.0. The first kappa shape index (κ1) is 18.9. The van der Waals surface area contributed by atoms with Gasteiger partial charge in [-0.2, -0.15) is 4.31 Å². The van der Waals surface area contributed by atoms with Crippen LogP contribution in [0.3, 0.4) is 0 Å². The molecular weight excluding hydrogens is 376 g/mol. The summed E-state index contributed by atoms with van der Waals surface area (Å²) in [6.45, 7) is 2.66. The van der Waals surface area contributed by atoms with Gasteiger partial charge in [0, 0.05) is 43.8 Å². The summed E-state index contributed by atoms with van der Waals surface area (Å²) in [6, 6.07) is 2.95. The molecule has 1 aromatic rings. The number of nitrogens with zero attached hydrogens (tertiary/aromatic N) is 2. The van der Waals surface area contributed by atoms with Crippen LogP contribution in [0.2, 0.25) is 0 Å². The van der Waals surface area contributed by atoms with Crippen molar-refractivity contribution in [2.75, 3.05) is 39.0 Å². The largest absolute Gasteiger partial charge is 0.370 e. The molecule has 1 saturated heterocycles. The summed E-state index contributed by atoms with van der Waals surface area (Å²) in [6.07, 6.45) is 1.17. The minimum absolute atomic E-state index is 0.0742. The second-order valence-corrected chi connectivity index (χ2v) is 9.60. The van der Waals surface area contributed by atoms with Crippen molar-refractivity contribution >= 4 is 10.0 Å². The fourth-order valence-electron chi connectivity index (χ4n) is 4.22. The molecule has 3 heterocycles. The number of halogens is 2. The molecule has 1 fully saturated rings. The van der Waals surface area contributed by atoms with Gasteiger partial charge in [0.15, 0.2) is 0 Å². The molecule has 3 atom stereocenters. The van der Waals surface area contributed by atoms with E-state index < -0.39 is 33.8 Å². The Balaban J connectivity index is 1.38. The first-order valence-corrected chi connectivity index (χ1v) is 10.8. The van der Waals surface area contributed by atoms with Crippen LogP contribution in [0.5, 0.6) is 0 Å². The van der Waals surface area contributed by atoms with Crippen molar-refractivity contribution < 1.29 is 21.9 Å². The van der Waals surface area contributed by atoms with Crippen LogP contribution in [-0.2, 0) is 14.8 Å². The molecule has 6 nitrogen and oxygen atoms in total. The van der Waals surface area contributed by atoms with Gasteiger partial charge in [-0.1, -0.05) is 0 Å². The normalized spacial score (nSPS) is 30.1. The second kappa shape index (κ2) is 6.89. The van der Waals surface area contributed by atoms with E-state index in [0.717, 1.165) is 29.3 Å². The van der Waals surface area contributed by atoms with Crippen molar-refractivity contribution in [2.45, 2.75) is 24.6 Å². The fourth-order valence-corrected chi connectivity index (χ4v) is 5.00. The molecule has 148 valence electrons. The quantitative estimate of drug-likeness (QED) is 0.768. The zero-order valence-electron chi connectivity index (χ0n) is 15.1. The fraction of sp³-hybridized carbons (Fsp3) is 0.556. The van der Waals surface area contributed by atoms with Gasteiger partial charge in [0.05, 0.1) is 12.9 Å². The van der Waals surface area contributed by atoms with Gasteiger partial charge < -0.3 is 10.5 Å². The standard InChI is InChI=1S/C18H23F2N3O3S/c1-27(24,25)23-8-11-6-22(7-12(11)9-23)14-5-17(21)18(26-10-14)15-4-13(19)2-3-16(15)20/h2-4,14,17-18H,5-10,21H2,1H3/t14-,17+,18+/m1/s1. The average Bonchev–Trinajstić information content (AvgIpc) is 3.16. The Bertz CT molecular complexity index is 872. The highest BCUT2D eigenvalue weighted by Gasteiger charge is 2.39. The summed E-state index contributed by atoms with van der Waals surface area (Å²) in [7, 11) is -3.18. The van der Waals surface area contributed by atoms with Gasteiger partial charge in [0.1, 0.15) is 17.7 Å². The average molecular weight is 399 g/mol. The maximum Gasteiger partial charge on any atom is 0.211 e. The number of ether oxygens (including phenoxy) is 1. The lowest BCUT2D eigenvalue weighted by molar-refractivity contribution is -0.0467. The summed E-state index contributed by atoms with van der Waals surface area (Å²) in [4.78, 5) is 2.24. The van der Waals surface area contributed by atoms with E-state index in [-0.39, 0.29) is 11.6 Å². The SMILES string of the molecule is CS(=O)(=O)N1CC2=C(CN([C@H]3CO[C@@H](c4cc(F)ccc4F)[C@@H](N)C3)C2)C1. The molecule has 0 radical (unpaired) electrons. The minimum atomic E-state index is -3.18. The molecule has 0 aromatic heterocycles. The van der Waals surface area contributed by atoms with Crippen molar-refractivity contribution in [1.29, 1.82) is 0 Å². The molecular formula is C18H23F2N3O3S. The van der Waals surface area contributed by atoms with Crippen LogP contribution in [-0.4, -0.2) is 68.7 Å². The van der Waals surface area contributed by atoms with Crippen LogP contribution in [0.1, 0.15) is 18.1 Å². The lowest BCUT2D eigenvalue weighted by Gasteiger charge is -2.39. The van der Waals surface area contributed by atoms with Gasteiger partial charge in [-0.15, -0.1) is 0 Å². The van der Waals surface area contributed by atoms with Gasteiger partial charge in [-0.05, 0) is 35.8 Å². The number of nitrogens with two attached hydrogens (primary N) is 1. The van der Waals surface area contributed by atoms with Crippen molar-refractivity contribution in [3.05, 3.63) is 46.5 Å². The summed E-state index contributed by atoms with van der Waals surface area (Å²) < 4.78 is 58.2. The zero-order chi connectivity index (χ0) is 19.3. The topological polar surface area (TPSA) is 75.9 Å². The molecule has 0 amide bonds. The van der Waals surface area contributed by atoms with E-state index in [1.807, 2.05) is 0 Å². The molecule has 0 saturated carbocycles. The van der Waals surface area contributed by atoms with E-state index in [2.05, 4.69) is 4.90 Å². The van der Waals surface area contributed by atoms with Crippen molar-refractivity contribution in [3.8, 4) is 0 Å². The highest BCUT2D eigenvalue weighted by atomic mass is 32.2. The zero-order valence-corrected chi connectivity index (χ0v) is 15.9.